The van der Waals surface area contributed by atoms with E-state index in [9.17, 15) is 9.59 Å². The molecule has 3 rings (SSSR count). The van der Waals surface area contributed by atoms with Crippen LogP contribution in [0.2, 0.25) is 0 Å². The third-order valence-electron chi connectivity index (χ3n) is 4.34. The summed E-state index contributed by atoms with van der Waals surface area (Å²) >= 11 is 1.05. The fourth-order valence-electron chi connectivity index (χ4n) is 2.72. The lowest BCUT2D eigenvalue weighted by Crippen LogP contribution is -2.18. The molecule has 2 N–H and O–H groups in total. The van der Waals surface area contributed by atoms with Crippen molar-refractivity contribution in [3.8, 4) is 11.5 Å². The monoisotopic (exact) mass is 410 g/mol. The summed E-state index contributed by atoms with van der Waals surface area (Å²) in [6.45, 7) is 6.33. The van der Waals surface area contributed by atoms with Gasteiger partial charge in [0, 0.05) is 0 Å². The summed E-state index contributed by atoms with van der Waals surface area (Å²) in [5.41, 5.74) is 2.28. The minimum atomic E-state index is -0.478. The van der Waals surface area contributed by atoms with E-state index in [1.54, 1.807) is 36.4 Å². The second-order valence-electron chi connectivity index (χ2n) is 7.52. The first kappa shape index (κ1) is 20.7. The van der Waals surface area contributed by atoms with Gasteiger partial charge in [0.05, 0.1) is 17.6 Å². The minimum absolute atomic E-state index is 0.00297. The molecule has 1 amide bonds. The Kier molecular flexibility index (Phi) is 5.79. The van der Waals surface area contributed by atoms with E-state index < -0.39 is 5.97 Å². The lowest BCUT2D eigenvalue weighted by molar-refractivity contribution is -0.115. The van der Waals surface area contributed by atoms with Crippen LogP contribution in [0.25, 0.3) is 6.08 Å². The lowest BCUT2D eigenvalue weighted by atomic mass is 9.87. The topological polar surface area (TPSA) is 88.5 Å². The molecule has 0 bridgehead atoms. The summed E-state index contributed by atoms with van der Waals surface area (Å²) in [5, 5.41) is 10.0. The van der Waals surface area contributed by atoms with Crippen molar-refractivity contribution in [3.63, 3.8) is 0 Å². The molecule has 1 fully saturated rings. The number of methoxy groups -OCH3 is 1. The molecule has 29 heavy (non-hydrogen) atoms. The maximum absolute atomic E-state index is 12.5. The predicted molar refractivity (Wildman–Crippen MR) is 115 cm³/mol. The Hall–Kier alpha value is -3.06. The Morgan fingerprint density at radius 2 is 1.79 bits per heavy atom. The van der Waals surface area contributed by atoms with Crippen LogP contribution in [0.1, 0.15) is 42.3 Å². The number of esters is 1. The Morgan fingerprint density at radius 1 is 1.10 bits per heavy atom. The summed E-state index contributed by atoms with van der Waals surface area (Å²) in [6, 6.07) is 12.4. The molecule has 0 radical (unpaired) electrons. The third-order valence-corrected chi connectivity index (χ3v) is 5.17. The number of ether oxygens (including phenoxy) is 2. The van der Waals surface area contributed by atoms with Crippen LogP contribution in [-0.2, 0) is 10.2 Å². The normalized spacial score (nSPS) is 15.4. The van der Waals surface area contributed by atoms with Crippen molar-refractivity contribution in [2.45, 2.75) is 26.2 Å². The van der Waals surface area contributed by atoms with Crippen molar-refractivity contribution in [2.75, 3.05) is 7.11 Å². The molecule has 0 atom stereocenters. The summed E-state index contributed by atoms with van der Waals surface area (Å²) in [5.74, 6) is -0.129. The van der Waals surface area contributed by atoms with Gasteiger partial charge < -0.3 is 14.8 Å². The van der Waals surface area contributed by atoms with Crippen molar-refractivity contribution < 1.29 is 19.1 Å². The second-order valence-corrected chi connectivity index (χ2v) is 8.57. The molecule has 0 saturated carbocycles. The summed E-state index contributed by atoms with van der Waals surface area (Å²) < 4.78 is 10.9. The first-order valence-corrected chi connectivity index (χ1v) is 9.79. The van der Waals surface area contributed by atoms with Gasteiger partial charge >= 0.3 is 5.97 Å². The van der Waals surface area contributed by atoms with Gasteiger partial charge in [0.15, 0.2) is 16.7 Å². The molecule has 2 aromatic carbocycles. The van der Waals surface area contributed by atoms with Crippen LogP contribution in [0.3, 0.4) is 0 Å². The van der Waals surface area contributed by atoms with E-state index in [-0.39, 0.29) is 22.2 Å². The number of carbonyl (C=O) groups is 2. The highest BCUT2D eigenvalue weighted by molar-refractivity contribution is 8.18. The highest BCUT2D eigenvalue weighted by Crippen LogP contribution is 2.32. The molecule has 2 aromatic rings. The Balaban J connectivity index is 1.79. The molecule has 1 heterocycles. The molecule has 7 heteroatoms. The second kappa shape index (κ2) is 8.13. The van der Waals surface area contributed by atoms with Crippen LogP contribution in [0, 0.1) is 5.41 Å². The van der Waals surface area contributed by atoms with Gasteiger partial charge in [-0.3, -0.25) is 10.2 Å². The van der Waals surface area contributed by atoms with E-state index in [4.69, 9.17) is 14.9 Å². The van der Waals surface area contributed by atoms with Gasteiger partial charge in [-0.2, -0.15) is 0 Å². The van der Waals surface area contributed by atoms with Crippen LogP contribution in [0.15, 0.2) is 47.4 Å². The van der Waals surface area contributed by atoms with Crippen LogP contribution in [0.4, 0.5) is 0 Å². The molecule has 0 aromatic heterocycles. The zero-order valence-corrected chi connectivity index (χ0v) is 17.5. The number of benzene rings is 2. The van der Waals surface area contributed by atoms with E-state index >= 15 is 0 Å². The third kappa shape index (κ3) is 4.86. The van der Waals surface area contributed by atoms with E-state index in [1.165, 1.54) is 7.11 Å². The minimum Gasteiger partial charge on any atom is -0.493 e. The van der Waals surface area contributed by atoms with E-state index in [2.05, 4.69) is 26.1 Å². The van der Waals surface area contributed by atoms with Crippen molar-refractivity contribution in [1.29, 1.82) is 5.41 Å². The molecule has 1 saturated heterocycles. The Bertz CT molecular complexity index is 1000. The zero-order chi connectivity index (χ0) is 21.2. The molecule has 1 aliphatic rings. The van der Waals surface area contributed by atoms with Gasteiger partial charge in [-0.25, -0.2) is 4.79 Å². The fraction of sp³-hybridized carbons (Fsp3) is 0.227. The van der Waals surface area contributed by atoms with Crippen molar-refractivity contribution >= 4 is 34.9 Å². The number of thioether (sulfide) groups is 1. The van der Waals surface area contributed by atoms with Crippen LogP contribution in [0.5, 0.6) is 11.5 Å². The molecule has 0 aliphatic carbocycles. The number of hydrogen-bond donors (Lipinski definition) is 2. The highest BCUT2D eigenvalue weighted by atomic mass is 32.2. The van der Waals surface area contributed by atoms with Gasteiger partial charge in [0.1, 0.15) is 0 Å². The summed E-state index contributed by atoms with van der Waals surface area (Å²) in [4.78, 5) is 24.7. The average Bonchev–Trinajstić information content (AvgIpc) is 2.99. The predicted octanol–water partition coefficient (Wildman–Crippen LogP) is 4.35. The van der Waals surface area contributed by atoms with E-state index in [0.717, 1.165) is 17.3 Å². The summed E-state index contributed by atoms with van der Waals surface area (Å²) in [7, 11) is 1.48. The standard InChI is InChI=1S/C22H22N2O4S/c1-22(2,3)15-8-6-14(7-9-15)20(26)28-16-10-5-13(11-17(16)27-4)12-18-19(25)24-21(23)29-18/h5-12H,1-4H3,(H2,23,24,25)/b18-12-. The molecule has 0 spiro atoms. The van der Waals surface area contributed by atoms with Crippen molar-refractivity contribution in [3.05, 3.63) is 64.1 Å². The molecular formula is C22H22N2O4S. The first-order valence-electron chi connectivity index (χ1n) is 8.97. The Labute approximate surface area is 173 Å². The number of amidine groups is 1. The number of nitrogens with one attached hydrogen (secondary N) is 2. The average molecular weight is 410 g/mol. The number of rotatable bonds is 4. The van der Waals surface area contributed by atoms with Crippen LogP contribution >= 0.6 is 11.8 Å². The molecule has 0 unspecified atom stereocenters. The van der Waals surface area contributed by atoms with Gasteiger partial charge in [-0.05, 0) is 58.6 Å². The maximum Gasteiger partial charge on any atom is 0.343 e. The lowest BCUT2D eigenvalue weighted by Gasteiger charge is -2.19. The van der Waals surface area contributed by atoms with Gasteiger partial charge in [0.25, 0.3) is 5.91 Å². The number of carbonyl (C=O) groups excluding carboxylic acids is 2. The quantitative estimate of drug-likeness (QED) is 0.444. The molecule has 1 aliphatic heterocycles. The smallest absolute Gasteiger partial charge is 0.343 e. The molecular weight excluding hydrogens is 388 g/mol. The van der Waals surface area contributed by atoms with E-state index in [0.29, 0.717) is 21.8 Å². The van der Waals surface area contributed by atoms with Gasteiger partial charge in [0.2, 0.25) is 0 Å². The van der Waals surface area contributed by atoms with Crippen molar-refractivity contribution in [2.24, 2.45) is 0 Å². The van der Waals surface area contributed by atoms with Crippen molar-refractivity contribution in [1.82, 2.24) is 5.32 Å². The SMILES string of the molecule is COc1cc(/C=C2\SC(=N)NC2=O)ccc1OC(=O)c1ccc(C(C)(C)C)cc1. The fourth-order valence-corrected chi connectivity index (χ4v) is 3.42. The summed E-state index contributed by atoms with van der Waals surface area (Å²) in [6.07, 6.45) is 1.65. The Morgan fingerprint density at radius 3 is 2.34 bits per heavy atom. The molecule has 150 valence electrons. The molecule has 6 nitrogen and oxygen atoms in total. The first-order chi connectivity index (χ1) is 13.7. The largest absolute Gasteiger partial charge is 0.493 e. The number of amides is 1. The number of hydrogen-bond acceptors (Lipinski definition) is 6. The van der Waals surface area contributed by atoms with Gasteiger partial charge in [-0.1, -0.05) is 39.0 Å². The van der Waals surface area contributed by atoms with Crippen LogP contribution < -0.4 is 14.8 Å². The van der Waals surface area contributed by atoms with Gasteiger partial charge in [-0.15, -0.1) is 0 Å². The maximum atomic E-state index is 12.5. The highest BCUT2D eigenvalue weighted by Gasteiger charge is 2.22. The zero-order valence-electron chi connectivity index (χ0n) is 16.7. The van der Waals surface area contributed by atoms with Crippen LogP contribution in [-0.4, -0.2) is 24.2 Å². The van der Waals surface area contributed by atoms with E-state index in [1.807, 2.05) is 12.1 Å².